The number of carbonyl (C=O) groups is 2. The largest absolute Gasteiger partial charge is 0.311 e. The van der Waals surface area contributed by atoms with Crippen molar-refractivity contribution in [2.75, 3.05) is 5.32 Å². The van der Waals surface area contributed by atoms with Gasteiger partial charge in [0.15, 0.2) is 10.8 Å². The molecule has 0 spiro atoms. The Hall–Kier alpha value is -2.57. The number of thiazole rings is 1. The second-order valence-corrected chi connectivity index (χ2v) is 6.81. The van der Waals surface area contributed by atoms with Crippen molar-refractivity contribution in [3.05, 3.63) is 52.6 Å². The summed E-state index contributed by atoms with van der Waals surface area (Å²) in [6.07, 6.45) is 1.61. The molecule has 126 valence electrons. The zero-order valence-corrected chi connectivity index (χ0v) is 15.1. The quantitative estimate of drug-likeness (QED) is 0.675. The second-order valence-electron chi connectivity index (χ2n) is 5.37. The minimum Gasteiger partial charge on any atom is -0.311 e. The van der Waals surface area contributed by atoms with Crippen molar-refractivity contribution in [3.63, 3.8) is 0 Å². The number of carbonyl (C=O) groups excluding carboxylic acids is 2. The van der Waals surface area contributed by atoms with Crippen LogP contribution in [-0.2, 0) is 4.79 Å². The highest BCUT2D eigenvalue weighted by Gasteiger charge is 2.18. The topological polar surface area (TPSA) is 72.0 Å². The lowest BCUT2D eigenvalue weighted by molar-refractivity contribution is -0.114. The van der Waals surface area contributed by atoms with E-state index in [1.807, 2.05) is 18.2 Å². The van der Waals surface area contributed by atoms with Crippen molar-refractivity contribution in [2.45, 2.75) is 13.8 Å². The number of benzene rings is 1. The van der Waals surface area contributed by atoms with Gasteiger partial charge in [0.2, 0.25) is 5.91 Å². The van der Waals surface area contributed by atoms with Gasteiger partial charge in [-0.3, -0.25) is 9.59 Å². The van der Waals surface area contributed by atoms with Gasteiger partial charge in [0, 0.05) is 30.6 Å². The van der Waals surface area contributed by atoms with Crippen LogP contribution < -0.4 is 5.32 Å². The third-order valence-corrected chi connectivity index (χ3v) is 4.79. The van der Waals surface area contributed by atoms with E-state index in [0.717, 1.165) is 16.0 Å². The van der Waals surface area contributed by atoms with Gasteiger partial charge in [0.05, 0.1) is 10.6 Å². The van der Waals surface area contributed by atoms with Crippen LogP contribution >= 0.6 is 22.9 Å². The normalized spacial score (nSPS) is 10.5. The Balaban J connectivity index is 2.15. The highest BCUT2D eigenvalue weighted by atomic mass is 35.5. The Morgan fingerprint density at radius 2 is 1.92 bits per heavy atom. The van der Waals surface area contributed by atoms with Gasteiger partial charge in [0.25, 0.3) is 0 Å². The molecule has 0 unspecified atom stereocenters. The molecule has 2 heterocycles. The van der Waals surface area contributed by atoms with Crippen LogP contribution in [0.1, 0.15) is 23.6 Å². The maximum Gasteiger partial charge on any atom is 0.222 e. The summed E-state index contributed by atoms with van der Waals surface area (Å²) in [4.78, 5) is 32.5. The fourth-order valence-electron chi connectivity index (χ4n) is 2.32. The van der Waals surface area contributed by atoms with Crippen LogP contribution in [0.4, 0.5) is 5.82 Å². The number of nitrogens with zero attached hydrogens (tertiary/aromatic N) is 2. The molecule has 0 saturated heterocycles. The van der Waals surface area contributed by atoms with Gasteiger partial charge < -0.3 is 5.32 Å². The van der Waals surface area contributed by atoms with Crippen molar-refractivity contribution in [1.29, 1.82) is 0 Å². The number of rotatable bonds is 4. The van der Waals surface area contributed by atoms with E-state index in [1.165, 1.54) is 25.2 Å². The van der Waals surface area contributed by atoms with Gasteiger partial charge >= 0.3 is 0 Å². The Morgan fingerprint density at radius 1 is 1.12 bits per heavy atom. The average molecular weight is 372 g/mol. The number of ketones is 1. The third-order valence-electron chi connectivity index (χ3n) is 3.35. The first-order valence-corrected chi connectivity index (χ1v) is 8.65. The SMILES string of the molecule is CC(=O)Nc1cc(-c2sc(C(C)=O)nc2-c2cccc(Cl)c2)ccn1. The fraction of sp³-hybridized carbons (Fsp3) is 0.111. The summed E-state index contributed by atoms with van der Waals surface area (Å²) in [5.41, 5.74) is 2.32. The summed E-state index contributed by atoms with van der Waals surface area (Å²) in [6.45, 7) is 2.91. The lowest BCUT2D eigenvalue weighted by Gasteiger charge is -2.06. The third kappa shape index (κ3) is 3.92. The smallest absolute Gasteiger partial charge is 0.222 e. The zero-order valence-electron chi connectivity index (χ0n) is 13.5. The van der Waals surface area contributed by atoms with Gasteiger partial charge in [0.1, 0.15) is 5.82 Å². The molecule has 1 aromatic carbocycles. The van der Waals surface area contributed by atoms with E-state index < -0.39 is 0 Å². The minimum absolute atomic E-state index is 0.101. The number of amides is 1. The van der Waals surface area contributed by atoms with Gasteiger partial charge in [-0.1, -0.05) is 23.7 Å². The average Bonchev–Trinajstić information content (AvgIpc) is 3.00. The van der Waals surface area contributed by atoms with Gasteiger partial charge in [-0.15, -0.1) is 11.3 Å². The van der Waals surface area contributed by atoms with Gasteiger partial charge in [-0.05, 0) is 29.8 Å². The molecule has 5 nitrogen and oxygen atoms in total. The maximum atomic E-state index is 11.8. The van der Waals surface area contributed by atoms with Crippen LogP contribution in [0.5, 0.6) is 0 Å². The lowest BCUT2D eigenvalue weighted by Crippen LogP contribution is -2.07. The molecule has 3 rings (SSSR count). The molecule has 25 heavy (non-hydrogen) atoms. The van der Waals surface area contributed by atoms with Gasteiger partial charge in [-0.2, -0.15) is 0 Å². The molecule has 2 aromatic heterocycles. The number of Topliss-reactive ketones (excluding diaryl/α,β-unsaturated/α-hetero) is 1. The molecule has 0 aliphatic heterocycles. The Kier molecular flexibility index (Phi) is 4.92. The summed E-state index contributed by atoms with van der Waals surface area (Å²) in [7, 11) is 0. The number of aromatic nitrogens is 2. The standard InChI is InChI=1S/C18H14ClN3O2S/c1-10(23)18-22-16(12-4-3-5-14(19)8-12)17(25-18)13-6-7-20-15(9-13)21-11(2)24/h3-9H,1-2H3,(H,20,21,24). The predicted octanol–water partition coefficient (Wildman–Crippen LogP) is 4.69. The molecule has 0 saturated carbocycles. The van der Waals surface area contributed by atoms with Crippen molar-refractivity contribution in [1.82, 2.24) is 9.97 Å². The number of nitrogens with one attached hydrogen (secondary N) is 1. The predicted molar refractivity (Wildman–Crippen MR) is 100 cm³/mol. The van der Waals surface area contributed by atoms with Crippen molar-refractivity contribution in [3.8, 4) is 21.7 Å². The number of halogens is 1. The van der Waals surface area contributed by atoms with Crippen molar-refractivity contribution < 1.29 is 9.59 Å². The molecule has 1 amide bonds. The van der Waals surface area contributed by atoms with Crippen LogP contribution in [0.3, 0.4) is 0 Å². The van der Waals surface area contributed by atoms with Gasteiger partial charge in [-0.25, -0.2) is 9.97 Å². The molecule has 3 aromatic rings. The van der Waals surface area contributed by atoms with Crippen LogP contribution in [-0.4, -0.2) is 21.7 Å². The molecule has 0 atom stereocenters. The molecule has 0 radical (unpaired) electrons. The first kappa shape index (κ1) is 17.3. The van der Waals surface area contributed by atoms with E-state index >= 15 is 0 Å². The molecule has 0 aliphatic carbocycles. The highest BCUT2D eigenvalue weighted by Crippen LogP contribution is 2.38. The Morgan fingerprint density at radius 3 is 2.60 bits per heavy atom. The summed E-state index contributed by atoms with van der Waals surface area (Å²) < 4.78 is 0. The number of hydrogen-bond acceptors (Lipinski definition) is 5. The number of hydrogen-bond donors (Lipinski definition) is 1. The lowest BCUT2D eigenvalue weighted by atomic mass is 10.1. The van der Waals surface area contributed by atoms with Crippen molar-refractivity contribution in [2.24, 2.45) is 0 Å². The van der Waals surface area contributed by atoms with Crippen LogP contribution in [0.15, 0.2) is 42.6 Å². The molecule has 0 aliphatic rings. The van der Waals surface area contributed by atoms with Crippen LogP contribution in [0.25, 0.3) is 21.7 Å². The summed E-state index contributed by atoms with van der Waals surface area (Å²) >= 11 is 7.40. The molecule has 0 bridgehead atoms. The number of anilines is 1. The monoisotopic (exact) mass is 371 g/mol. The molecular formula is C18H14ClN3O2S. The summed E-state index contributed by atoms with van der Waals surface area (Å²) in [5.74, 6) is 0.143. The van der Waals surface area contributed by atoms with Crippen LogP contribution in [0, 0.1) is 0 Å². The van der Waals surface area contributed by atoms with E-state index in [-0.39, 0.29) is 11.7 Å². The summed E-state index contributed by atoms with van der Waals surface area (Å²) in [6, 6.07) is 10.9. The number of pyridine rings is 1. The Labute approximate surface area is 153 Å². The molecular weight excluding hydrogens is 358 g/mol. The fourth-order valence-corrected chi connectivity index (χ4v) is 3.49. The highest BCUT2D eigenvalue weighted by molar-refractivity contribution is 7.17. The zero-order chi connectivity index (χ0) is 18.0. The van der Waals surface area contributed by atoms with E-state index in [2.05, 4.69) is 15.3 Å². The van der Waals surface area contributed by atoms with E-state index in [4.69, 9.17) is 11.6 Å². The minimum atomic E-state index is -0.201. The maximum absolute atomic E-state index is 11.8. The molecule has 7 heteroatoms. The van der Waals surface area contributed by atoms with Crippen LogP contribution in [0.2, 0.25) is 5.02 Å². The van der Waals surface area contributed by atoms with Crippen molar-refractivity contribution >= 4 is 40.4 Å². The van der Waals surface area contributed by atoms with E-state index in [9.17, 15) is 9.59 Å². The van der Waals surface area contributed by atoms with E-state index in [0.29, 0.717) is 21.5 Å². The molecule has 0 fully saturated rings. The first-order chi connectivity index (χ1) is 11.9. The Bertz CT molecular complexity index is 968. The second kappa shape index (κ2) is 7.13. The first-order valence-electron chi connectivity index (χ1n) is 7.46. The summed E-state index contributed by atoms with van der Waals surface area (Å²) in [5, 5.41) is 3.67. The van der Waals surface area contributed by atoms with E-state index in [1.54, 1.807) is 24.4 Å². The molecule has 1 N–H and O–H groups in total.